The Hall–Kier alpha value is -3.02. The van der Waals surface area contributed by atoms with Gasteiger partial charge in [0.2, 0.25) is 11.8 Å². The fourth-order valence-corrected chi connectivity index (χ4v) is 6.67. The predicted octanol–water partition coefficient (Wildman–Crippen LogP) is 4.75. The zero-order valence-electron chi connectivity index (χ0n) is 20.4. The van der Waals surface area contributed by atoms with E-state index in [9.17, 15) is 9.59 Å². The summed E-state index contributed by atoms with van der Waals surface area (Å²) in [4.78, 5) is 31.6. The Balaban J connectivity index is 1.46. The molecule has 0 aliphatic carbocycles. The monoisotopic (exact) mass is 462 g/mol. The molecule has 0 aromatic heterocycles. The van der Waals surface area contributed by atoms with Gasteiger partial charge >= 0.3 is 0 Å². The zero-order valence-corrected chi connectivity index (χ0v) is 20.4. The van der Waals surface area contributed by atoms with E-state index in [4.69, 9.17) is 9.47 Å². The van der Waals surface area contributed by atoms with E-state index >= 15 is 0 Å². The first-order chi connectivity index (χ1) is 16.4. The third kappa shape index (κ3) is 3.83. The summed E-state index contributed by atoms with van der Waals surface area (Å²) in [5, 5.41) is 0. The fraction of sp³-hybridized carbons (Fsp3) is 0.500. The third-order valence-corrected chi connectivity index (χ3v) is 8.02. The molecule has 0 N–H and O–H groups in total. The first-order valence-corrected chi connectivity index (χ1v) is 12.3. The number of rotatable bonds is 4. The van der Waals surface area contributed by atoms with Crippen LogP contribution in [0.4, 0.5) is 0 Å². The second kappa shape index (κ2) is 8.97. The molecule has 3 saturated heterocycles. The van der Waals surface area contributed by atoms with Crippen molar-refractivity contribution in [3.05, 3.63) is 59.7 Å². The molecule has 6 atom stereocenters. The molecule has 0 unspecified atom stereocenters. The molecule has 3 fully saturated rings. The number of hydrogen-bond acceptors (Lipinski definition) is 4. The summed E-state index contributed by atoms with van der Waals surface area (Å²) in [5.74, 6) is 2.44. The van der Waals surface area contributed by atoms with Crippen LogP contribution < -0.4 is 9.47 Å². The summed E-state index contributed by atoms with van der Waals surface area (Å²) in [5.41, 5.74) is 2.17. The van der Waals surface area contributed by atoms with Crippen molar-refractivity contribution in [3.8, 4) is 11.5 Å². The van der Waals surface area contributed by atoms with Crippen LogP contribution in [0.3, 0.4) is 0 Å². The molecule has 0 saturated carbocycles. The molecule has 5 rings (SSSR count). The summed E-state index contributed by atoms with van der Waals surface area (Å²) in [6.07, 6.45) is 2.41. The lowest BCUT2D eigenvalue weighted by atomic mass is 9.93. The highest BCUT2D eigenvalue weighted by atomic mass is 16.5. The number of nitrogens with zero attached hydrogens (tertiary/aromatic N) is 2. The third-order valence-electron chi connectivity index (χ3n) is 8.02. The number of benzene rings is 2. The summed E-state index contributed by atoms with van der Waals surface area (Å²) in [6, 6.07) is 15.8. The summed E-state index contributed by atoms with van der Waals surface area (Å²) in [6.45, 7) is 4.38. The van der Waals surface area contributed by atoms with Crippen LogP contribution in [0, 0.1) is 11.8 Å². The Morgan fingerprint density at radius 1 is 0.706 bits per heavy atom. The molecule has 3 heterocycles. The highest BCUT2D eigenvalue weighted by Crippen LogP contribution is 2.48. The van der Waals surface area contributed by atoms with Gasteiger partial charge in [0.15, 0.2) is 0 Å². The van der Waals surface area contributed by atoms with Crippen LogP contribution in [-0.4, -0.2) is 47.9 Å². The molecule has 180 valence electrons. The molecule has 0 radical (unpaired) electrons. The number of carbonyl (C=O) groups is 2. The van der Waals surface area contributed by atoms with E-state index in [1.807, 2.05) is 46.2 Å². The quantitative estimate of drug-likeness (QED) is 0.658. The molecule has 6 heteroatoms. The zero-order chi connectivity index (χ0) is 24.0. The Morgan fingerprint density at radius 2 is 1.12 bits per heavy atom. The van der Waals surface area contributed by atoms with Gasteiger partial charge in [-0.1, -0.05) is 38.1 Å². The van der Waals surface area contributed by atoms with Gasteiger partial charge in [0.25, 0.3) is 0 Å². The summed E-state index contributed by atoms with van der Waals surface area (Å²) < 4.78 is 10.9. The first kappa shape index (κ1) is 22.8. The molecule has 2 amide bonds. The van der Waals surface area contributed by atoms with Crippen molar-refractivity contribution < 1.29 is 19.1 Å². The van der Waals surface area contributed by atoms with Crippen LogP contribution in [0.2, 0.25) is 0 Å². The molecule has 2 aromatic carbocycles. The highest BCUT2D eigenvalue weighted by molar-refractivity contribution is 5.84. The lowest BCUT2D eigenvalue weighted by Crippen LogP contribution is -2.49. The van der Waals surface area contributed by atoms with Crippen molar-refractivity contribution in [1.29, 1.82) is 0 Å². The standard InChI is InChI=1S/C28H34N2O4/c1-17-11-21-15-26(32)30-22(12-18(2)28(30)20-8-6-10-24(14-20)34-4)16-25(31)29(21)27(17)19-7-5-9-23(13-19)33-3/h5-10,13-14,17-18,21-22,27-28H,11-12,15-16H2,1-4H3/t17-,18-,21+,22+,27-,28+/m1/s1. The number of amides is 2. The van der Waals surface area contributed by atoms with Crippen LogP contribution in [0.5, 0.6) is 11.5 Å². The van der Waals surface area contributed by atoms with Crippen molar-refractivity contribution in [2.45, 2.75) is 63.7 Å². The minimum atomic E-state index is -0.0750. The average molecular weight is 463 g/mol. The van der Waals surface area contributed by atoms with Gasteiger partial charge in [-0.2, -0.15) is 0 Å². The molecule has 6 nitrogen and oxygen atoms in total. The van der Waals surface area contributed by atoms with Crippen LogP contribution in [0.25, 0.3) is 0 Å². The smallest absolute Gasteiger partial charge is 0.225 e. The van der Waals surface area contributed by atoms with E-state index < -0.39 is 0 Å². The average Bonchev–Trinajstić information content (AvgIpc) is 3.33. The Kier molecular flexibility index (Phi) is 6.00. The van der Waals surface area contributed by atoms with Crippen LogP contribution in [0.1, 0.15) is 62.7 Å². The van der Waals surface area contributed by atoms with Crippen LogP contribution in [-0.2, 0) is 9.59 Å². The van der Waals surface area contributed by atoms with Crippen LogP contribution >= 0.6 is 0 Å². The second-order valence-electron chi connectivity index (χ2n) is 10.2. The topological polar surface area (TPSA) is 59.1 Å². The predicted molar refractivity (Wildman–Crippen MR) is 130 cm³/mol. The Morgan fingerprint density at radius 3 is 1.50 bits per heavy atom. The maximum atomic E-state index is 13.8. The summed E-state index contributed by atoms with van der Waals surface area (Å²) in [7, 11) is 3.32. The van der Waals surface area contributed by atoms with Gasteiger partial charge in [-0.25, -0.2) is 0 Å². The Bertz CT molecular complexity index is 1000. The second-order valence-corrected chi connectivity index (χ2v) is 10.2. The van der Waals surface area contributed by atoms with Gasteiger partial charge in [-0.3, -0.25) is 9.59 Å². The summed E-state index contributed by atoms with van der Waals surface area (Å²) >= 11 is 0. The lowest BCUT2D eigenvalue weighted by Gasteiger charge is -2.39. The molecular formula is C28H34N2O4. The number of hydrogen-bond donors (Lipinski definition) is 0. The number of ether oxygens (including phenoxy) is 2. The van der Waals surface area contributed by atoms with E-state index in [0.29, 0.717) is 12.8 Å². The fourth-order valence-electron chi connectivity index (χ4n) is 6.67. The SMILES string of the molecule is COc1cccc([C@@H]2[C@H](C)C[C@H]3CC(=O)N4[C@H](CC(=O)N32)C[C@@H](C)[C@@H]4c2cccc(OC)c2)c1. The van der Waals surface area contributed by atoms with Crippen molar-refractivity contribution in [1.82, 2.24) is 9.80 Å². The normalized spacial score (nSPS) is 31.1. The van der Waals surface area contributed by atoms with Gasteiger partial charge in [0, 0.05) is 24.9 Å². The van der Waals surface area contributed by atoms with E-state index in [1.54, 1.807) is 14.2 Å². The molecular weight excluding hydrogens is 428 g/mol. The maximum Gasteiger partial charge on any atom is 0.225 e. The number of fused-ring (bicyclic) bond motifs is 2. The highest BCUT2D eigenvalue weighted by Gasteiger charge is 2.50. The minimum Gasteiger partial charge on any atom is -0.497 e. The Labute approximate surface area is 201 Å². The molecule has 34 heavy (non-hydrogen) atoms. The van der Waals surface area contributed by atoms with E-state index in [0.717, 1.165) is 35.5 Å². The maximum absolute atomic E-state index is 13.8. The van der Waals surface area contributed by atoms with E-state index in [2.05, 4.69) is 26.0 Å². The van der Waals surface area contributed by atoms with Gasteiger partial charge in [0.1, 0.15) is 11.5 Å². The van der Waals surface area contributed by atoms with Gasteiger partial charge in [-0.05, 0) is 60.1 Å². The molecule has 3 aliphatic heterocycles. The largest absolute Gasteiger partial charge is 0.497 e. The molecule has 2 aromatic rings. The first-order valence-electron chi connectivity index (χ1n) is 12.3. The number of carbonyl (C=O) groups excluding carboxylic acids is 2. The van der Waals surface area contributed by atoms with Gasteiger partial charge in [0.05, 0.1) is 26.3 Å². The molecule has 3 aliphatic rings. The molecule has 0 bridgehead atoms. The minimum absolute atomic E-state index is 0.0278. The van der Waals surface area contributed by atoms with Crippen LogP contribution in [0.15, 0.2) is 48.5 Å². The molecule has 0 spiro atoms. The lowest BCUT2D eigenvalue weighted by molar-refractivity contribution is -0.145. The van der Waals surface area contributed by atoms with Crippen molar-refractivity contribution in [2.75, 3.05) is 14.2 Å². The van der Waals surface area contributed by atoms with Crippen molar-refractivity contribution in [3.63, 3.8) is 0 Å². The number of methoxy groups -OCH3 is 2. The van der Waals surface area contributed by atoms with Gasteiger partial charge in [-0.15, -0.1) is 0 Å². The van der Waals surface area contributed by atoms with E-state index in [-0.39, 0.29) is 47.8 Å². The van der Waals surface area contributed by atoms with E-state index in [1.165, 1.54) is 0 Å². The van der Waals surface area contributed by atoms with Crippen molar-refractivity contribution >= 4 is 11.8 Å². The van der Waals surface area contributed by atoms with Crippen molar-refractivity contribution in [2.24, 2.45) is 11.8 Å². The van der Waals surface area contributed by atoms with Gasteiger partial charge < -0.3 is 19.3 Å².